The van der Waals surface area contributed by atoms with Gasteiger partial charge in [-0.05, 0) is 37.1 Å². The summed E-state index contributed by atoms with van der Waals surface area (Å²) in [6.07, 6.45) is 2.03. The van der Waals surface area contributed by atoms with Crippen molar-refractivity contribution in [2.75, 3.05) is 34.4 Å². The number of hydrogen-bond donors (Lipinski definition) is 1. The molecule has 2 aromatic carbocycles. The van der Waals surface area contributed by atoms with Gasteiger partial charge in [0.25, 0.3) is 5.91 Å². The molecule has 1 saturated heterocycles. The van der Waals surface area contributed by atoms with Crippen LogP contribution in [-0.2, 0) is 4.79 Å². The van der Waals surface area contributed by atoms with Crippen LogP contribution in [-0.4, -0.2) is 57.2 Å². The highest BCUT2D eigenvalue weighted by atomic mass is 16.5. The molecular weight excluding hydrogens is 396 g/mol. The highest BCUT2D eigenvalue weighted by Gasteiger charge is 2.43. The SMILES string of the molecule is COc1cccc(C(=O)N2C[C@H](C(=O)NC3CC3)[C@H](c3ccc(OC)cc3OC)C2)c1. The number of likely N-dealkylation sites (tertiary alicyclic amines) is 1. The van der Waals surface area contributed by atoms with Crippen molar-refractivity contribution in [1.29, 1.82) is 0 Å². The number of carbonyl (C=O) groups is 2. The van der Waals surface area contributed by atoms with E-state index < -0.39 is 0 Å². The molecule has 31 heavy (non-hydrogen) atoms. The molecule has 0 unspecified atom stereocenters. The fourth-order valence-electron chi connectivity index (χ4n) is 4.15. The van der Waals surface area contributed by atoms with Crippen LogP contribution in [0.4, 0.5) is 0 Å². The first kappa shape index (κ1) is 21.0. The van der Waals surface area contributed by atoms with Gasteiger partial charge in [0.05, 0.1) is 27.2 Å². The number of rotatable bonds is 7. The van der Waals surface area contributed by atoms with Gasteiger partial charge in [-0.1, -0.05) is 12.1 Å². The standard InChI is InChI=1S/C24H28N2O5/c1-29-17-6-4-5-15(11-17)24(28)26-13-20(21(14-26)23(27)25-16-7-8-16)19-10-9-18(30-2)12-22(19)31-3/h4-6,9-12,16,20-21H,7-8,13-14H2,1-3H3,(H,25,27)/t20-,21-/m0/s1. The van der Waals surface area contributed by atoms with Gasteiger partial charge in [-0.25, -0.2) is 0 Å². The third-order valence-corrected chi connectivity index (χ3v) is 6.02. The highest BCUT2D eigenvalue weighted by Crippen LogP contribution is 2.40. The smallest absolute Gasteiger partial charge is 0.254 e. The molecule has 4 rings (SSSR count). The molecule has 1 heterocycles. The molecule has 7 heteroatoms. The second kappa shape index (κ2) is 8.88. The molecule has 2 aliphatic rings. The molecule has 0 spiro atoms. The molecule has 0 aromatic heterocycles. The highest BCUT2D eigenvalue weighted by molar-refractivity contribution is 5.95. The molecule has 2 fully saturated rings. The summed E-state index contributed by atoms with van der Waals surface area (Å²) in [5, 5.41) is 3.11. The third-order valence-electron chi connectivity index (χ3n) is 6.02. The van der Waals surface area contributed by atoms with Crippen LogP contribution in [0.1, 0.15) is 34.7 Å². The number of nitrogens with zero attached hydrogens (tertiary/aromatic N) is 1. The van der Waals surface area contributed by atoms with Crippen LogP contribution in [0, 0.1) is 5.92 Å². The molecule has 1 aliphatic carbocycles. The molecule has 0 radical (unpaired) electrons. The van der Waals surface area contributed by atoms with Crippen LogP contribution in [0.3, 0.4) is 0 Å². The first-order valence-corrected chi connectivity index (χ1v) is 10.5. The molecular formula is C24H28N2O5. The summed E-state index contributed by atoms with van der Waals surface area (Å²) in [5.41, 5.74) is 1.45. The lowest BCUT2D eigenvalue weighted by molar-refractivity contribution is -0.125. The Morgan fingerprint density at radius 2 is 1.68 bits per heavy atom. The minimum absolute atomic E-state index is 0.00804. The molecule has 2 amide bonds. The van der Waals surface area contributed by atoms with E-state index in [4.69, 9.17) is 14.2 Å². The maximum atomic E-state index is 13.2. The van der Waals surface area contributed by atoms with E-state index >= 15 is 0 Å². The Kier molecular flexibility index (Phi) is 6.02. The van der Waals surface area contributed by atoms with E-state index in [1.165, 1.54) is 0 Å². The minimum Gasteiger partial charge on any atom is -0.497 e. The van der Waals surface area contributed by atoms with Crippen LogP contribution < -0.4 is 19.5 Å². The van der Waals surface area contributed by atoms with E-state index in [0.29, 0.717) is 35.9 Å². The van der Waals surface area contributed by atoms with E-state index in [2.05, 4.69) is 5.32 Å². The average Bonchev–Trinajstić information content (AvgIpc) is 3.51. The maximum Gasteiger partial charge on any atom is 0.254 e. The lowest BCUT2D eigenvalue weighted by Crippen LogP contribution is -2.36. The summed E-state index contributed by atoms with van der Waals surface area (Å²) >= 11 is 0. The summed E-state index contributed by atoms with van der Waals surface area (Å²) in [5.74, 6) is 1.32. The van der Waals surface area contributed by atoms with E-state index in [1.807, 2.05) is 18.2 Å². The number of hydrogen-bond acceptors (Lipinski definition) is 5. The van der Waals surface area contributed by atoms with Gasteiger partial charge in [0.15, 0.2) is 0 Å². The predicted octanol–water partition coefficient (Wildman–Crippen LogP) is 2.85. The molecule has 7 nitrogen and oxygen atoms in total. The zero-order chi connectivity index (χ0) is 22.0. The topological polar surface area (TPSA) is 77.1 Å². The van der Waals surface area contributed by atoms with Crippen molar-refractivity contribution in [3.63, 3.8) is 0 Å². The third kappa shape index (κ3) is 4.45. The van der Waals surface area contributed by atoms with Crippen molar-refractivity contribution < 1.29 is 23.8 Å². The molecule has 1 saturated carbocycles. The largest absolute Gasteiger partial charge is 0.497 e. The Labute approximate surface area is 182 Å². The number of methoxy groups -OCH3 is 3. The Morgan fingerprint density at radius 1 is 0.935 bits per heavy atom. The summed E-state index contributed by atoms with van der Waals surface area (Å²) in [6, 6.07) is 13.0. The number of nitrogens with one attached hydrogen (secondary N) is 1. The number of carbonyl (C=O) groups excluding carboxylic acids is 2. The molecule has 2 atom stereocenters. The Balaban J connectivity index is 1.63. The van der Waals surface area contributed by atoms with Gasteiger partial charge in [-0.2, -0.15) is 0 Å². The molecule has 1 aliphatic heterocycles. The normalized spacial score (nSPS) is 20.3. The van der Waals surface area contributed by atoms with Gasteiger partial charge in [0.2, 0.25) is 5.91 Å². The van der Waals surface area contributed by atoms with E-state index in [1.54, 1.807) is 50.5 Å². The van der Waals surface area contributed by atoms with Crippen LogP contribution in [0.2, 0.25) is 0 Å². The van der Waals surface area contributed by atoms with Crippen molar-refractivity contribution in [3.05, 3.63) is 53.6 Å². The number of benzene rings is 2. The second-order valence-electron chi connectivity index (χ2n) is 8.05. The monoisotopic (exact) mass is 424 g/mol. The maximum absolute atomic E-state index is 13.2. The van der Waals surface area contributed by atoms with Crippen molar-refractivity contribution in [2.45, 2.75) is 24.8 Å². The Morgan fingerprint density at radius 3 is 2.35 bits per heavy atom. The molecule has 2 aromatic rings. The van der Waals surface area contributed by atoms with Crippen molar-refractivity contribution in [1.82, 2.24) is 10.2 Å². The van der Waals surface area contributed by atoms with Gasteiger partial charge >= 0.3 is 0 Å². The predicted molar refractivity (Wildman–Crippen MR) is 116 cm³/mol. The summed E-state index contributed by atoms with van der Waals surface area (Å²) < 4.78 is 16.2. The number of amides is 2. The van der Waals surface area contributed by atoms with Crippen molar-refractivity contribution in [2.24, 2.45) is 5.92 Å². The van der Waals surface area contributed by atoms with Gasteiger partial charge in [-0.15, -0.1) is 0 Å². The van der Waals surface area contributed by atoms with Gasteiger partial charge in [-0.3, -0.25) is 9.59 Å². The fourth-order valence-corrected chi connectivity index (χ4v) is 4.15. The van der Waals surface area contributed by atoms with E-state index in [9.17, 15) is 9.59 Å². The van der Waals surface area contributed by atoms with Gasteiger partial charge < -0.3 is 24.4 Å². The van der Waals surface area contributed by atoms with E-state index in [0.717, 1.165) is 18.4 Å². The zero-order valence-electron chi connectivity index (χ0n) is 18.1. The minimum atomic E-state index is -0.350. The van der Waals surface area contributed by atoms with Crippen LogP contribution in [0.25, 0.3) is 0 Å². The second-order valence-corrected chi connectivity index (χ2v) is 8.05. The van der Waals surface area contributed by atoms with Gasteiger partial charge in [0.1, 0.15) is 17.2 Å². The van der Waals surface area contributed by atoms with Crippen LogP contribution in [0.5, 0.6) is 17.2 Å². The summed E-state index contributed by atoms with van der Waals surface area (Å²) in [7, 11) is 4.78. The lowest BCUT2D eigenvalue weighted by Gasteiger charge is -2.21. The average molecular weight is 424 g/mol. The molecule has 0 bridgehead atoms. The quantitative estimate of drug-likeness (QED) is 0.740. The first-order valence-electron chi connectivity index (χ1n) is 10.5. The Bertz CT molecular complexity index is 972. The molecule has 164 valence electrons. The Hall–Kier alpha value is -3.22. The fraction of sp³-hybridized carbons (Fsp3) is 0.417. The molecule has 1 N–H and O–H groups in total. The van der Waals surface area contributed by atoms with Crippen molar-refractivity contribution >= 4 is 11.8 Å². The van der Waals surface area contributed by atoms with E-state index in [-0.39, 0.29) is 29.7 Å². The van der Waals surface area contributed by atoms with Crippen molar-refractivity contribution in [3.8, 4) is 17.2 Å². The van der Waals surface area contributed by atoms with Crippen LogP contribution >= 0.6 is 0 Å². The number of ether oxygens (including phenoxy) is 3. The first-order chi connectivity index (χ1) is 15.0. The van der Waals surface area contributed by atoms with Crippen LogP contribution in [0.15, 0.2) is 42.5 Å². The summed E-state index contributed by atoms with van der Waals surface area (Å²) in [4.78, 5) is 28.1. The zero-order valence-corrected chi connectivity index (χ0v) is 18.1. The van der Waals surface area contributed by atoms with Gasteiger partial charge in [0, 0.05) is 42.2 Å². The summed E-state index contributed by atoms with van der Waals surface area (Å²) in [6.45, 7) is 0.788. The lowest BCUT2D eigenvalue weighted by atomic mass is 9.87.